The Morgan fingerprint density at radius 2 is 2.29 bits per heavy atom. The fraction of sp³-hybridized carbons (Fsp3) is 0.786. The van der Waals surface area contributed by atoms with Gasteiger partial charge in [-0.15, -0.1) is 0 Å². The zero-order valence-corrected chi connectivity index (χ0v) is 13.8. The van der Waals surface area contributed by atoms with E-state index >= 15 is 0 Å². The molecule has 0 spiro atoms. The van der Waals surface area contributed by atoms with Crippen molar-refractivity contribution in [2.45, 2.75) is 39.3 Å². The van der Waals surface area contributed by atoms with Gasteiger partial charge in [0.05, 0.1) is 11.9 Å². The van der Waals surface area contributed by atoms with Gasteiger partial charge in [-0.3, -0.25) is 4.68 Å². The van der Waals surface area contributed by atoms with Crippen molar-refractivity contribution in [2.75, 3.05) is 25.9 Å². The fourth-order valence-electron chi connectivity index (χ4n) is 2.79. The molecule has 2 rings (SSSR count). The third-order valence-corrected chi connectivity index (χ3v) is 5.19. The van der Waals surface area contributed by atoms with Gasteiger partial charge < -0.3 is 5.32 Å². The molecule has 7 heteroatoms. The van der Waals surface area contributed by atoms with E-state index in [0.717, 1.165) is 38.9 Å². The zero-order valence-electron chi connectivity index (χ0n) is 13.0. The SMILES string of the molecule is CCCNCc1ccnn1CC1CCCN(S(C)(=O)=O)C1. The number of sulfonamides is 1. The van der Waals surface area contributed by atoms with Crippen molar-refractivity contribution >= 4 is 10.0 Å². The van der Waals surface area contributed by atoms with Crippen LogP contribution in [0.5, 0.6) is 0 Å². The lowest BCUT2D eigenvalue weighted by molar-refractivity contribution is 0.238. The molecule has 0 radical (unpaired) electrons. The number of nitrogens with one attached hydrogen (secondary N) is 1. The van der Waals surface area contributed by atoms with Crippen LogP contribution >= 0.6 is 0 Å². The third-order valence-electron chi connectivity index (χ3n) is 3.92. The molecule has 0 amide bonds. The largest absolute Gasteiger partial charge is 0.311 e. The van der Waals surface area contributed by atoms with Crippen molar-refractivity contribution in [1.29, 1.82) is 0 Å². The van der Waals surface area contributed by atoms with Crippen LogP contribution in [0.15, 0.2) is 12.3 Å². The molecule has 0 aromatic carbocycles. The number of nitrogens with zero attached hydrogens (tertiary/aromatic N) is 3. The summed E-state index contributed by atoms with van der Waals surface area (Å²) < 4.78 is 26.9. The fourth-order valence-corrected chi connectivity index (χ4v) is 3.73. The lowest BCUT2D eigenvalue weighted by Gasteiger charge is -2.31. The molecule has 1 atom stereocenters. The quantitative estimate of drug-likeness (QED) is 0.764. The molecule has 0 bridgehead atoms. The van der Waals surface area contributed by atoms with Gasteiger partial charge in [-0.05, 0) is 37.8 Å². The Morgan fingerprint density at radius 1 is 1.48 bits per heavy atom. The number of hydrogen-bond acceptors (Lipinski definition) is 4. The lowest BCUT2D eigenvalue weighted by atomic mass is 10.00. The molecule has 1 fully saturated rings. The number of rotatable bonds is 7. The van der Waals surface area contributed by atoms with Crippen LogP contribution in [0.25, 0.3) is 0 Å². The Balaban J connectivity index is 1.94. The Labute approximate surface area is 127 Å². The number of hydrogen-bond donors (Lipinski definition) is 1. The maximum Gasteiger partial charge on any atom is 0.211 e. The van der Waals surface area contributed by atoms with Crippen LogP contribution in [-0.4, -0.2) is 48.4 Å². The summed E-state index contributed by atoms with van der Waals surface area (Å²) in [6, 6.07) is 2.03. The minimum Gasteiger partial charge on any atom is -0.311 e. The molecule has 1 saturated heterocycles. The van der Waals surface area contributed by atoms with E-state index in [1.807, 2.05) is 16.9 Å². The first-order valence-corrected chi connectivity index (χ1v) is 9.52. The van der Waals surface area contributed by atoms with Gasteiger partial charge in [0.25, 0.3) is 0 Å². The molecule has 6 nitrogen and oxygen atoms in total. The molecular formula is C14H26N4O2S. The standard InChI is InChI=1S/C14H26N4O2S/c1-3-7-15-10-14-6-8-16-18(14)12-13-5-4-9-17(11-13)21(2,19)20/h6,8,13,15H,3-5,7,9-12H2,1-2H3. The van der Waals surface area contributed by atoms with Crippen LogP contribution in [0.4, 0.5) is 0 Å². The van der Waals surface area contributed by atoms with Crippen molar-refractivity contribution in [1.82, 2.24) is 19.4 Å². The average molecular weight is 314 g/mol. The lowest BCUT2D eigenvalue weighted by Crippen LogP contribution is -2.40. The van der Waals surface area contributed by atoms with E-state index in [0.29, 0.717) is 19.0 Å². The molecule has 1 aromatic heterocycles. The summed E-state index contributed by atoms with van der Waals surface area (Å²) >= 11 is 0. The van der Waals surface area contributed by atoms with Crippen LogP contribution in [0.3, 0.4) is 0 Å². The van der Waals surface area contributed by atoms with Gasteiger partial charge in [0, 0.05) is 32.4 Å². The monoisotopic (exact) mass is 314 g/mol. The Kier molecular flexibility index (Phi) is 5.78. The van der Waals surface area contributed by atoms with Gasteiger partial charge in [0.2, 0.25) is 10.0 Å². The van der Waals surface area contributed by atoms with E-state index in [1.165, 1.54) is 11.9 Å². The third kappa shape index (κ3) is 4.79. The molecule has 1 aliphatic rings. The Morgan fingerprint density at radius 3 is 3.00 bits per heavy atom. The summed E-state index contributed by atoms with van der Waals surface area (Å²) in [4.78, 5) is 0. The molecule has 1 aromatic rings. The molecule has 1 unspecified atom stereocenters. The van der Waals surface area contributed by atoms with Crippen molar-refractivity contribution in [2.24, 2.45) is 5.92 Å². The van der Waals surface area contributed by atoms with Gasteiger partial charge >= 0.3 is 0 Å². The smallest absolute Gasteiger partial charge is 0.211 e. The van der Waals surface area contributed by atoms with Gasteiger partial charge in [-0.1, -0.05) is 6.92 Å². The highest BCUT2D eigenvalue weighted by atomic mass is 32.2. The molecule has 0 aliphatic carbocycles. The van der Waals surface area contributed by atoms with E-state index in [4.69, 9.17) is 0 Å². The van der Waals surface area contributed by atoms with Gasteiger partial charge in [0.15, 0.2) is 0 Å². The molecule has 0 saturated carbocycles. The molecule has 2 heterocycles. The molecular weight excluding hydrogens is 288 g/mol. The highest BCUT2D eigenvalue weighted by Gasteiger charge is 2.26. The molecule has 120 valence electrons. The Bertz CT molecular complexity index is 541. The zero-order chi connectivity index (χ0) is 15.3. The van der Waals surface area contributed by atoms with Crippen LogP contribution in [0, 0.1) is 5.92 Å². The van der Waals surface area contributed by atoms with E-state index in [-0.39, 0.29) is 0 Å². The van der Waals surface area contributed by atoms with E-state index < -0.39 is 10.0 Å². The van der Waals surface area contributed by atoms with E-state index in [9.17, 15) is 8.42 Å². The molecule has 1 aliphatic heterocycles. The topological polar surface area (TPSA) is 67.2 Å². The second-order valence-corrected chi connectivity index (χ2v) is 7.79. The molecule has 21 heavy (non-hydrogen) atoms. The van der Waals surface area contributed by atoms with Crippen LogP contribution in [-0.2, 0) is 23.1 Å². The first-order valence-electron chi connectivity index (χ1n) is 7.67. The normalized spacial score (nSPS) is 20.8. The maximum atomic E-state index is 11.7. The summed E-state index contributed by atoms with van der Waals surface area (Å²) in [6.07, 6.45) is 6.22. The average Bonchev–Trinajstić information content (AvgIpc) is 2.86. The van der Waals surface area contributed by atoms with Crippen molar-refractivity contribution in [3.8, 4) is 0 Å². The van der Waals surface area contributed by atoms with Crippen molar-refractivity contribution in [3.63, 3.8) is 0 Å². The predicted octanol–water partition coefficient (Wildman–Crippen LogP) is 1.05. The first-order chi connectivity index (χ1) is 10.0. The summed E-state index contributed by atoms with van der Waals surface area (Å²) in [6.45, 7) is 6.01. The first kappa shape index (κ1) is 16.5. The highest BCUT2D eigenvalue weighted by molar-refractivity contribution is 7.88. The summed E-state index contributed by atoms with van der Waals surface area (Å²) in [5.74, 6) is 0.346. The van der Waals surface area contributed by atoms with Crippen LogP contribution in [0.2, 0.25) is 0 Å². The number of piperidine rings is 1. The maximum absolute atomic E-state index is 11.7. The summed E-state index contributed by atoms with van der Waals surface area (Å²) in [5.41, 5.74) is 1.17. The summed E-state index contributed by atoms with van der Waals surface area (Å²) in [7, 11) is -3.07. The highest BCUT2D eigenvalue weighted by Crippen LogP contribution is 2.20. The van der Waals surface area contributed by atoms with E-state index in [1.54, 1.807) is 4.31 Å². The van der Waals surface area contributed by atoms with Gasteiger partial charge in [-0.25, -0.2) is 12.7 Å². The predicted molar refractivity (Wildman–Crippen MR) is 83.4 cm³/mol. The van der Waals surface area contributed by atoms with Gasteiger partial charge in [-0.2, -0.15) is 5.10 Å². The van der Waals surface area contributed by atoms with Gasteiger partial charge in [0.1, 0.15) is 0 Å². The number of aromatic nitrogens is 2. The second kappa shape index (κ2) is 7.38. The van der Waals surface area contributed by atoms with Crippen LogP contribution in [0.1, 0.15) is 31.9 Å². The minimum atomic E-state index is -3.07. The molecule has 1 N–H and O–H groups in total. The van der Waals surface area contributed by atoms with E-state index in [2.05, 4.69) is 17.3 Å². The summed E-state index contributed by atoms with van der Waals surface area (Å²) in [5, 5.41) is 7.77. The minimum absolute atomic E-state index is 0.346. The Hall–Kier alpha value is -0.920. The van der Waals surface area contributed by atoms with Crippen molar-refractivity contribution in [3.05, 3.63) is 18.0 Å². The second-order valence-electron chi connectivity index (χ2n) is 5.81. The van der Waals surface area contributed by atoms with Crippen molar-refractivity contribution < 1.29 is 8.42 Å². The van der Waals surface area contributed by atoms with Crippen LogP contribution < -0.4 is 5.32 Å².